The number of H-pyrrole nitrogens is 1. The normalized spacial score (nSPS) is 11.1. The highest BCUT2D eigenvalue weighted by Crippen LogP contribution is 2.14. The summed E-state index contributed by atoms with van der Waals surface area (Å²) in [6.07, 6.45) is 8.71. The molecule has 4 aromatic rings. The van der Waals surface area contributed by atoms with Crippen LogP contribution in [0.2, 0.25) is 0 Å². The van der Waals surface area contributed by atoms with Gasteiger partial charge in [0, 0.05) is 36.9 Å². The van der Waals surface area contributed by atoms with Gasteiger partial charge in [-0.3, -0.25) is 14.9 Å². The zero-order valence-electron chi connectivity index (χ0n) is 11.5. The van der Waals surface area contributed by atoms with Crippen molar-refractivity contribution in [3.8, 4) is 0 Å². The fourth-order valence-electron chi connectivity index (χ4n) is 2.45. The number of pyridine rings is 2. The van der Waals surface area contributed by atoms with E-state index in [0.29, 0.717) is 17.6 Å². The molecule has 2 N–H and O–H groups in total. The van der Waals surface area contributed by atoms with Gasteiger partial charge in [0.05, 0.1) is 17.1 Å². The van der Waals surface area contributed by atoms with E-state index in [1.165, 1.54) is 0 Å². The molecule has 0 radical (unpaired) electrons. The number of imidazole rings is 1. The monoisotopic (exact) mass is 292 g/mol. The first-order chi connectivity index (χ1) is 10.8. The third kappa shape index (κ3) is 1.99. The number of nitrogens with zero attached hydrogens (tertiary/aromatic N) is 4. The lowest BCUT2D eigenvalue weighted by Crippen LogP contribution is -2.24. The van der Waals surface area contributed by atoms with Crippen molar-refractivity contribution in [1.82, 2.24) is 29.9 Å². The van der Waals surface area contributed by atoms with E-state index in [1.54, 1.807) is 24.7 Å². The van der Waals surface area contributed by atoms with Gasteiger partial charge in [0.25, 0.3) is 5.91 Å². The molecule has 4 rings (SSSR count). The molecular formula is C15H12N6O. The molecule has 4 heterocycles. The predicted molar refractivity (Wildman–Crippen MR) is 80.3 cm³/mol. The molecule has 0 fully saturated rings. The number of hydrogen-bond acceptors (Lipinski definition) is 4. The molecule has 1 amide bonds. The van der Waals surface area contributed by atoms with Crippen molar-refractivity contribution in [2.75, 3.05) is 0 Å². The minimum atomic E-state index is -0.236. The highest BCUT2D eigenvalue weighted by molar-refractivity contribution is 6.04. The Morgan fingerprint density at radius 1 is 1.23 bits per heavy atom. The van der Waals surface area contributed by atoms with Crippen LogP contribution in [0.1, 0.15) is 16.1 Å². The summed E-state index contributed by atoms with van der Waals surface area (Å²) in [4.78, 5) is 20.8. The highest BCUT2D eigenvalue weighted by Gasteiger charge is 2.13. The Hall–Kier alpha value is -3.22. The van der Waals surface area contributed by atoms with Crippen molar-refractivity contribution in [2.24, 2.45) is 0 Å². The minimum Gasteiger partial charge on any atom is -0.346 e. The molecular weight excluding hydrogens is 280 g/mol. The van der Waals surface area contributed by atoms with Gasteiger partial charge in [0.15, 0.2) is 0 Å². The summed E-state index contributed by atoms with van der Waals surface area (Å²) in [7, 11) is 0. The third-order valence-electron chi connectivity index (χ3n) is 3.52. The van der Waals surface area contributed by atoms with Crippen LogP contribution in [0.25, 0.3) is 16.6 Å². The van der Waals surface area contributed by atoms with E-state index in [4.69, 9.17) is 0 Å². The smallest absolute Gasteiger partial charge is 0.270 e. The van der Waals surface area contributed by atoms with Gasteiger partial charge in [-0.15, -0.1) is 0 Å². The minimum absolute atomic E-state index is 0.236. The van der Waals surface area contributed by atoms with Gasteiger partial charge in [-0.1, -0.05) is 6.07 Å². The highest BCUT2D eigenvalue weighted by atomic mass is 16.1. The zero-order chi connectivity index (χ0) is 14.9. The largest absolute Gasteiger partial charge is 0.346 e. The Kier molecular flexibility index (Phi) is 2.82. The molecule has 4 aromatic heterocycles. The molecule has 0 aliphatic heterocycles. The SMILES string of the molecule is O=C(NCc1cccn2ccnc12)c1nccc2[nH]ncc12. The number of fused-ring (bicyclic) bond motifs is 2. The van der Waals surface area contributed by atoms with E-state index in [-0.39, 0.29) is 5.91 Å². The fourth-order valence-corrected chi connectivity index (χ4v) is 2.45. The maximum atomic E-state index is 12.4. The van der Waals surface area contributed by atoms with E-state index in [9.17, 15) is 4.79 Å². The summed E-state index contributed by atoms with van der Waals surface area (Å²) < 4.78 is 1.91. The Morgan fingerprint density at radius 3 is 3.14 bits per heavy atom. The average molecular weight is 292 g/mol. The van der Waals surface area contributed by atoms with Crippen molar-refractivity contribution < 1.29 is 4.79 Å². The summed E-state index contributed by atoms with van der Waals surface area (Å²) in [5, 5.41) is 10.4. The molecule has 0 spiro atoms. The van der Waals surface area contributed by atoms with Crippen molar-refractivity contribution in [1.29, 1.82) is 0 Å². The van der Waals surface area contributed by atoms with Gasteiger partial charge in [0.2, 0.25) is 0 Å². The molecule has 0 atom stereocenters. The summed E-state index contributed by atoms with van der Waals surface area (Å²) in [6, 6.07) is 5.64. The van der Waals surface area contributed by atoms with Crippen molar-refractivity contribution in [2.45, 2.75) is 6.54 Å². The number of aromatic amines is 1. The Bertz CT molecular complexity index is 970. The number of nitrogens with one attached hydrogen (secondary N) is 2. The Morgan fingerprint density at radius 2 is 2.18 bits per heavy atom. The van der Waals surface area contributed by atoms with Crippen LogP contribution in [0.4, 0.5) is 0 Å². The number of hydrogen-bond donors (Lipinski definition) is 2. The molecule has 7 nitrogen and oxygen atoms in total. The lowest BCUT2D eigenvalue weighted by atomic mass is 10.2. The number of carbonyl (C=O) groups is 1. The maximum Gasteiger partial charge on any atom is 0.270 e. The molecule has 0 unspecified atom stereocenters. The fraction of sp³-hybridized carbons (Fsp3) is 0.0667. The molecule has 0 aliphatic rings. The molecule has 0 bridgehead atoms. The molecule has 0 aromatic carbocycles. The number of rotatable bonds is 3. The molecule has 22 heavy (non-hydrogen) atoms. The van der Waals surface area contributed by atoms with E-state index >= 15 is 0 Å². The van der Waals surface area contributed by atoms with Crippen LogP contribution in [-0.2, 0) is 6.54 Å². The van der Waals surface area contributed by atoms with Crippen LogP contribution in [0, 0.1) is 0 Å². The second-order valence-electron chi connectivity index (χ2n) is 4.87. The predicted octanol–water partition coefficient (Wildman–Crippen LogP) is 1.54. The van der Waals surface area contributed by atoms with Crippen molar-refractivity contribution >= 4 is 22.5 Å². The van der Waals surface area contributed by atoms with E-state index in [2.05, 4.69) is 25.5 Å². The first-order valence-corrected chi connectivity index (χ1v) is 6.80. The first-order valence-electron chi connectivity index (χ1n) is 6.80. The van der Waals surface area contributed by atoms with Crippen LogP contribution < -0.4 is 5.32 Å². The van der Waals surface area contributed by atoms with Gasteiger partial charge in [-0.2, -0.15) is 5.10 Å². The van der Waals surface area contributed by atoms with E-state index < -0.39 is 0 Å². The average Bonchev–Trinajstić information content (AvgIpc) is 3.20. The summed E-state index contributed by atoms with van der Waals surface area (Å²) in [5.74, 6) is -0.236. The lowest BCUT2D eigenvalue weighted by molar-refractivity contribution is 0.0948. The van der Waals surface area contributed by atoms with E-state index in [1.807, 2.05) is 28.9 Å². The molecule has 0 saturated heterocycles. The number of aromatic nitrogens is 5. The summed E-state index contributed by atoms with van der Waals surface area (Å²) in [5.41, 5.74) is 2.93. The summed E-state index contributed by atoms with van der Waals surface area (Å²) >= 11 is 0. The third-order valence-corrected chi connectivity index (χ3v) is 3.52. The lowest BCUT2D eigenvalue weighted by Gasteiger charge is -2.06. The second kappa shape index (κ2) is 4.96. The van der Waals surface area contributed by atoms with Crippen molar-refractivity contribution in [3.05, 3.63) is 60.4 Å². The van der Waals surface area contributed by atoms with Crippen LogP contribution in [0.15, 0.2) is 49.2 Å². The number of amides is 1. The summed E-state index contributed by atoms with van der Waals surface area (Å²) in [6.45, 7) is 0.385. The van der Waals surface area contributed by atoms with Gasteiger partial charge in [0.1, 0.15) is 11.3 Å². The van der Waals surface area contributed by atoms with Gasteiger partial charge in [-0.05, 0) is 12.1 Å². The quantitative estimate of drug-likeness (QED) is 0.599. The molecule has 108 valence electrons. The van der Waals surface area contributed by atoms with Crippen LogP contribution >= 0.6 is 0 Å². The van der Waals surface area contributed by atoms with Crippen LogP contribution in [-0.4, -0.2) is 30.5 Å². The first kappa shape index (κ1) is 12.5. The Balaban J connectivity index is 1.60. The standard InChI is InChI=1S/C15H12N6O/c22-15(13-11-9-19-20-12(11)3-4-16-13)18-8-10-2-1-6-21-7-5-17-14(10)21/h1-7,9H,8H2,(H,18,22)(H,19,20). The van der Waals surface area contributed by atoms with Gasteiger partial charge < -0.3 is 9.72 Å². The molecule has 0 aliphatic carbocycles. The van der Waals surface area contributed by atoms with Gasteiger partial charge in [-0.25, -0.2) is 4.98 Å². The zero-order valence-corrected chi connectivity index (χ0v) is 11.5. The topological polar surface area (TPSA) is 88.0 Å². The van der Waals surface area contributed by atoms with Crippen LogP contribution in [0.3, 0.4) is 0 Å². The maximum absolute atomic E-state index is 12.4. The number of carbonyl (C=O) groups excluding carboxylic acids is 1. The van der Waals surface area contributed by atoms with Crippen LogP contribution in [0.5, 0.6) is 0 Å². The van der Waals surface area contributed by atoms with Crippen molar-refractivity contribution in [3.63, 3.8) is 0 Å². The Labute approximate surface area is 125 Å². The van der Waals surface area contributed by atoms with Gasteiger partial charge >= 0.3 is 0 Å². The second-order valence-corrected chi connectivity index (χ2v) is 4.87. The molecule has 0 saturated carbocycles. The molecule has 7 heteroatoms. The van der Waals surface area contributed by atoms with E-state index in [0.717, 1.165) is 16.7 Å².